The second kappa shape index (κ2) is 14.6. The van der Waals surface area contributed by atoms with Crippen molar-refractivity contribution in [2.24, 2.45) is 0 Å². The first-order valence-electron chi connectivity index (χ1n) is 13.0. The van der Waals surface area contributed by atoms with Gasteiger partial charge in [-0.2, -0.15) is 0 Å². The zero-order valence-corrected chi connectivity index (χ0v) is 22.0. The molecule has 0 spiro atoms. The maximum absolute atomic E-state index is 11.7. The molecule has 1 heterocycles. The second-order valence-electron chi connectivity index (χ2n) is 9.25. The number of carbonyl (C=O) groups excluding carboxylic acids is 1. The molecule has 6 nitrogen and oxygen atoms in total. The zero-order valence-electron chi connectivity index (χ0n) is 22.0. The maximum Gasteiger partial charge on any atom is 0.302 e. The first-order chi connectivity index (χ1) is 18.6. The van der Waals surface area contributed by atoms with Gasteiger partial charge < -0.3 is 23.7 Å². The molecule has 0 radical (unpaired) electrons. The van der Waals surface area contributed by atoms with E-state index >= 15 is 0 Å². The van der Waals surface area contributed by atoms with Crippen LogP contribution in [0.2, 0.25) is 0 Å². The number of carbonyl (C=O) groups is 1. The van der Waals surface area contributed by atoms with Crippen LogP contribution in [-0.2, 0) is 48.3 Å². The minimum atomic E-state index is -0.541. The number of ether oxygens (including phenoxy) is 5. The van der Waals surface area contributed by atoms with Crippen LogP contribution in [0.15, 0.2) is 103 Å². The van der Waals surface area contributed by atoms with Crippen LogP contribution in [0.25, 0.3) is 0 Å². The highest BCUT2D eigenvalue weighted by Gasteiger charge is 2.47. The van der Waals surface area contributed by atoms with E-state index in [1.165, 1.54) is 6.92 Å². The smallest absolute Gasteiger partial charge is 0.302 e. The Hall–Kier alpha value is -3.29. The van der Waals surface area contributed by atoms with Gasteiger partial charge in [0.2, 0.25) is 0 Å². The van der Waals surface area contributed by atoms with Gasteiger partial charge in [0.15, 0.2) is 0 Å². The minimum Gasteiger partial charge on any atom is -0.463 e. The normalized spacial score (nSPS) is 23.4. The Bertz CT molecular complexity index is 1120. The Morgan fingerprint density at radius 2 is 1.16 bits per heavy atom. The Morgan fingerprint density at radius 3 is 1.61 bits per heavy atom. The largest absolute Gasteiger partial charge is 0.463 e. The van der Waals surface area contributed by atoms with Crippen molar-refractivity contribution in [1.29, 1.82) is 0 Å². The first kappa shape index (κ1) is 27.7. The van der Waals surface area contributed by atoms with Gasteiger partial charge in [0, 0.05) is 6.92 Å². The molecule has 3 aromatic rings. The van der Waals surface area contributed by atoms with E-state index < -0.39 is 30.5 Å². The van der Waals surface area contributed by atoms with Gasteiger partial charge in [0.25, 0.3) is 0 Å². The van der Waals surface area contributed by atoms with Gasteiger partial charge in [-0.05, 0) is 23.6 Å². The summed E-state index contributed by atoms with van der Waals surface area (Å²) in [4.78, 5) is 11.7. The first-order valence-corrected chi connectivity index (χ1v) is 13.0. The third-order valence-corrected chi connectivity index (χ3v) is 6.36. The van der Waals surface area contributed by atoms with E-state index in [1.54, 1.807) is 0 Å². The number of rotatable bonds is 12. The molecule has 1 fully saturated rings. The zero-order chi connectivity index (χ0) is 26.6. The van der Waals surface area contributed by atoms with Crippen molar-refractivity contribution in [3.8, 4) is 0 Å². The number of hydrogen-bond donors (Lipinski definition) is 0. The fourth-order valence-electron chi connectivity index (χ4n) is 4.50. The molecule has 200 valence electrons. The Morgan fingerprint density at radius 1 is 0.711 bits per heavy atom. The second-order valence-corrected chi connectivity index (χ2v) is 9.25. The third kappa shape index (κ3) is 8.10. The number of allylic oxidation sites excluding steroid dienone is 1. The average Bonchev–Trinajstić information content (AvgIpc) is 2.95. The van der Waals surface area contributed by atoms with Crippen LogP contribution in [0.4, 0.5) is 0 Å². The van der Waals surface area contributed by atoms with Crippen LogP contribution < -0.4 is 0 Å². The average molecular weight is 517 g/mol. The molecule has 5 atom stereocenters. The summed E-state index contributed by atoms with van der Waals surface area (Å²) in [6, 6.07) is 30.0. The summed E-state index contributed by atoms with van der Waals surface area (Å²) in [5.74, 6) is -0.373. The standard InChI is InChI=1S/C32H36O6/c1-3-13-28-30(35-20-25-14-7-4-8-15-25)32(37-22-27-18-11-6-12-19-27)31(29(38-28)23-34-24(2)33)36-21-26-16-9-5-10-17-26/h3-19,28-32H,20-23H2,1-2H3/b13-3+/t28-,29-,30-,31-,32-/m1/s1. The van der Waals surface area contributed by atoms with Crippen LogP contribution in [0.3, 0.4) is 0 Å². The van der Waals surface area contributed by atoms with Gasteiger partial charge >= 0.3 is 5.97 Å². The van der Waals surface area contributed by atoms with E-state index in [0.29, 0.717) is 19.8 Å². The highest BCUT2D eigenvalue weighted by atomic mass is 16.6. The lowest BCUT2D eigenvalue weighted by Crippen LogP contribution is -2.60. The molecule has 1 aliphatic heterocycles. The molecule has 0 aromatic heterocycles. The molecule has 1 saturated heterocycles. The lowest BCUT2D eigenvalue weighted by molar-refractivity contribution is -0.261. The van der Waals surface area contributed by atoms with Crippen molar-refractivity contribution < 1.29 is 28.5 Å². The van der Waals surface area contributed by atoms with E-state index in [-0.39, 0.29) is 12.6 Å². The lowest BCUT2D eigenvalue weighted by Gasteiger charge is -2.45. The van der Waals surface area contributed by atoms with Crippen molar-refractivity contribution in [3.63, 3.8) is 0 Å². The van der Waals surface area contributed by atoms with E-state index in [1.807, 2.05) is 110 Å². The Labute approximate surface area is 225 Å². The molecule has 0 aliphatic carbocycles. The molecule has 0 saturated carbocycles. The highest BCUT2D eigenvalue weighted by molar-refractivity contribution is 5.65. The number of hydrogen-bond acceptors (Lipinski definition) is 6. The van der Waals surface area contributed by atoms with Gasteiger partial charge in [-0.1, -0.05) is 103 Å². The quantitative estimate of drug-likeness (QED) is 0.229. The fraction of sp³-hybridized carbons (Fsp3) is 0.344. The van der Waals surface area contributed by atoms with E-state index in [2.05, 4.69) is 0 Å². The molecule has 1 aliphatic rings. The monoisotopic (exact) mass is 516 g/mol. The summed E-state index contributed by atoms with van der Waals surface area (Å²) < 4.78 is 31.4. The Balaban J connectivity index is 1.63. The van der Waals surface area contributed by atoms with Crippen LogP contribution >= 0.6 is 0 Å². The fourth-order valence-corrected chi connectivity index (χ4v) is 4.50. The predicted octanol–water partition coefficient (Wildman–Crippen LogP) is 5.65. The van der Waals surface area contributed by atoms with Crippen molar-refractivity contribution in [1.82, 2.24) is 0 Å². The van der Waals surface area contributed by atoms with Crippen molar-refractivity contribution in [2.45, 2.75) is 64.2 Å². The molecular weight excluding hydrogens is 480 g/mol. The summed E-state index contributed by atoms with van der Waals surface area (Å²) in [5.41, 5.74) is 3.12. The van der Waals surface area contributed by atoms with Crippen LogP contribution in [0.5, 0.6) is 0 Å². The number of esters is 1. The molecular formula is C32H36O6. The summed E-state index contributed by atoms with van der Waals surface area (Å²) in [5, 5.41) is 0. The van der Waals surface area contributed by atoms with Crippen molar-refractivity contribution >= 4 is 5.97 Å². The third-order valence-electron chi connectivity index (χ3n) is 6.36. The Kier molecular flexibility index (Phi) is 10.7. The molecule has 3 aromatic carbocycles. The minimum absolute atomic E-state index is 0.0550. The molecule has 0 N–H and O–H groups in total. The molecule has 6 heteroatoms. The lowest BCUT2D eigenvalue weighted by atomic mass is 9.93. The highest BCUT2D eigenvalue weighted by Crippen LogP contribution is 2.31. The van der Waals surface area contributed by atoms with Crippen molar-refractivity contribution in [3.05, 3.63) is 120 Å². The molecule has 38 heavy (non-hydrogen) atoms. The molecule has 0 bridgehead atoms. The van der Waals surface area contributed by atoms with Gasteiger partial charge in [-0.15, -0.1) is 0 Å². The van der Waals surface area contributed by atoms with E-state index in [9.17, 15) is 4.79 Å². The van der Waals surface area contributed by atoms with Crippen molar-refractivity contribution in [2.75, 3.05) is 6.61 Å². The van der Waals surface area contributed by atoms with Gasteiger partial charge in [0.05, 0.1) is 19.8 Å². The predicted molar refractivity (Wildman–Crippen MR) is 145 cm³/mol. The number of benzene rings is 3. The topological polar surface area (TPSA) is 63.2 Å². The van der Waals surface area contributed by atoms with Gasteiger partial charge in [-0.3, -0.25) is 4.79 Å². The van der Waals surface area contributed by atoms with Crippen LogP contribution in [0.1, 0.15) is 30.5 Å². The molecule has 0 amide bonds. The summed E-state index contributed by atoms with van der Waals surface area (Å²) >= 11 is 0. The van der Waals surface area contributed by atoms with E-state index in [4.69, 9.17) is 23.7 Å². The van der Waals surface area contributed by atoms with Gasteiger partial charge in [0.1, 0.15) is 37.1 Å². The molecule has 4 rings (SSSR count). The summed E-state index contributed by atoms with van der Waals surface area (Å²) in [6.45, 7) is 4.52. The van der Waals surface area contributed by atoms with Gasteiger partial charge in [-0.25, -0.2) is 0 Å². The molecule has 0 unspecified atom stereocenters. The summed E-state index contributed by atoms with van der Waals surface area (Å²) in [7, 11) is 0. The van der Waals surface area contributed by atoms with Crippen LogP contribution in [-0.4, -0.2) is 43.1 Å². The maximum atomic E-state index is 11.7. The van der Waals surface area contributed by atoms with Crippen LogP contribution in [0, 0.1) is 0 Å². The van der Waals surface area contributed by atoms with E-state index in [0.717, 1.165) is 16.7 Å². The summed E-state index contributed by atoms with van der Waals surface area (Å²) in [6.07, 6.45) is 1.46. The SMILES string of the molecule is C/C=C/[C@H]1O[C@H](COC(C)=O)[C@@H](OCc2ccccc2)[C@H](OCc2ccccc2)[C@@H]1OCc1ccccc1.